The van der Waals surface area contributed by atoms with Crippen LogP contribution in [0.25, 0.3) is 0 Å². The molecule has 20 heavy (non-hydrogen) atoms. The molecule has 104 valence electrons. The Morgan fingerprint density at radius 1 is 1.35 bits per heavy atom. The molecule has 0 bridgehead atoms. The Morgan fingerprint density at radius 2 is 2.20 bits per heavy atom. The van der Waals surface area contributed by atoms with Crippen molar-refractivity contribution in [3.63, 3.8) is 0 Å². The number of hydrogen-bond donors (Lipinski definition) is 1. The van der Waals surface area contributed by atoms with Crippen LogP contribution in [-0.2, 0) is 19.9 Å². The maximum Gasteiger partial charge on any atom is 0.231 e. The molecule has 1 atom stereocenters. The van der Waals surface area contributed by atoms with Crippen LogP contribution in [0.3, 0.4) is 0 Å². The number of aromatic nitrogens is 4. The first-order valence-corrected chi connectivity index (χ1v) is 6.68. The van der Waals surface area contributed by atoms with E-state index in [1.54, 1.807) is 7.05 Å². The molecule has 0 amide bonds. The average Bonchev–Trinajstić information content (AvgIpc) is 3.05. The molecule has 4 rings (SSSR count). The van der Waals surface area contributed by atoms with E-state index in [0.29, 0.717) is 6.79 Å². The van der Waals surface area contributed by atoms with Crippen molar-refractivity contribution in [2.75, 3.05) is 13.3 Å². The second-order valence-electron chi connectivity index (χ2n) is 5.06. The quantitative estimate of drug-likeness (QED) is 0.852. The van der Waals surface area contributed by atoms with Crippen molar-refractivity contribution < 1.29 is 9.47 Å². The normalized spacial score (nSPS) is 19.9. The van der Waals surface area contributed by atoms with Crippen LogP contribution in [0.1, 0.15) is 23.0 Å². The van der Waals surface area contributed by atoms with Crippen molar-refractivity contribution in [3.8, 4) is 11.5 Å². The van der Waals surface area contributed by atoms with Gasteiger partial charge >= 0.3 is 0 Å². The number of nitrogens with zero attached hydrogens (tertiary/aromatic N) is 4. The summed E-state index contributed by atoms with van der Waals surface area (Å²) in [6, 6.07) is 4.36. The van der Waals surface area contributed by atoms with E-state index in [1.807, 2.05) is 0 Å². The highest BCUT2D eigenvalue weighted by molar-refractivity contribution is 5.50. The third kappa shape index (κ3) is 1.90. The lowest BCUT2D eigenvalue weighted by atomic mass is 9.92. The number of benzene rings is 1. The lowest BCUT2D eigenvalue weighted by Gasteiger charge is -2.26. The van der Waals surface area contributed by atoms with E-state index in [2.05, 4.69) is 32.9 Å². The number of aryl methyl sites for hydroxylation is 1. The van der Waals surface area contributed by atoms with Crippen molar-refractivity contribution in [3.05, 3.63) is 29.1 Å². The Kier molecular flexibility index (Phi) is 2.59. The highest BCUT2D eigenvalue weighted by Crippen LogP contribution is 2.38. The van der Waals surface area contributed by atoms with Crippen molar-refractivity contribution in [2.24, 2.45) is 7.05 Å². The fraction of sp³-hybridized carbons (Fsp3) is 0.462. The Hall–Kier alpha value is -2.15. The Morgan fingerprint density at radius 3 is 3.00 bits per heavy atom. The summed E-state index contributed by atoms with van der Waals surface area (Å²) in [5.41, 5.74) is 2.55. The monoisotopic (exact) mass is 273 g/mol. The van der Waals surface area contributed by atoms with E-state index in [1.165, 1.54) is 15.9 Å². The van der Waals surface area contributed by atoms with Gasteiger partial charge in [-0.25, -0.2) is 0 Å². The molecule has 2 aliphatic heterocycles. The summed E-state index contributed by atoms with van der Waals surface area (Å²) in [4.78, 5) is 1.48. The predicted octanol–water partition coefficient (Wildman–Crippen LogP) is 0.368. The van der Waals surface area contributed by atoms with E-state index in [9.17, 15) is 0 Å². The van der Waals surface area contributed by atoms with Gasteiger partial charge in [0.15, 0.2) is 17.3 Å². The van der Waals surface area contributed by atoms with Crippen LogP contribution < -0.4 is 14.8 Å². The second kappa shape index (κ2) is 4.45. The summed E-state index contributed by atoms with van der Waals surface area (Å²) in [6.07, 6.45) is 1.72. The van der Waals surface area contributed by atoms with Crippen LogP contribution >= 0.6 is 0 Å². The Bertz CT molecular complexity index is 654. The number of tetrazole rings is 1. The van der Waals surface area contributed by atoms with Gasteiger partial charge in [0.05, 0.1) is 7.05 Å². The second-order valence-corrected chi connectivity index (χ2v) is 5.06. The van der Waals surface area contributed by atoms with Crippen molar-refractivity contribution in [1.29, 1.82) is 0 Å². The first kappa shape index (κ1) is 11.7. The zero-order valence-corrected chi connectivity index (χ0v) is 11.2. The minimum absolute atomic E-state index is 0.192. The summed E-state index contributed by atoms with van der Waals surface area (Å²) in [5, 5.41) is 15.7. The van der Waals surface area contributed by atoms with Crippen LogP contribution in [0.4, 0.5) is 0 Å². The first-order chi connectivity index (χ1) is 9.79. The predicted molar refractivity (Wildman–Crippen MR) is 69.5 cm³/mol. The third-order valence-corrected chi connectivity index (χ3v) is 3.73. The minimum atomic E-state index is 0.192. The average molecular weight is 273 g/mol. The molecule has 2 aromatic rings. The molecule has 0 spiro atoms. The van der Waals surface area contributed by atoms with Gasteiger partial charge in [-0.15, -0.1) is 10.2 Å². The minimum Gasteiger partial charge on any atom is -0.454 e. The molecule has 7 heteroatoms. The fourth-order valence-corrected chi connectivity index (χ4v) is 2.80. The Labute approximate surface area is 115 Å². The molecule has 1 unspecified atom stereocenters. The molecule has 0 aliphatic carbocycles. The van der Waals surface area contributed by atoms with Crippen LogP contribution in [0, 0.1) is 0 Å². The number of ether oxygens (including phenoxy) is 2. The van der Waals surface area contributed by atoms with Gasteiger partial charge in [0.2, 0.25) is 6.79 Å². The van der Waals surface area contributed by atoms with E-state index in [4.69, 9.17) is 9.47 Å². The van der Waals surface area contributed by atoms with Gasteiger partial charge in [-0.1, -0.05) is 0 Å². The van der Waals surface area contributed by atoms with Crippen LogP contribution in [0.2, 0.25) is 0 Å². The Balaban J connectivity index is 1.67. The molecule has 0 saturated heterocycles. The molecule has 2 aliphatic rings. The highest BCUT2D eigenvalue weighted by Gasteiger charge is 2.25. The SMILES string of the molecule is Cn1nnc(CC2NCCc3cc4c(cc32)OCO4)n1. The van der Waals surface area contributed by atoms with Crippen molar-refractivity contribution in [2.45, 2.75) is 18.9 Å². The molecule has 1 N–H and O–H groups in total. The van der Waals surface area contributed by atoms with E-state index < -0.39 is 0 Å². The zero-order valence-electron chi connectivity index (χ0n) is 11.2. The van der Waals surface area contributed by atoms with Gasteiger partial charge < -0.3 is 14.8 Å². The lowest BCUT2D eigenvalue weighted by molar-refractivity contribution is 0.174. The molecule has 1 aromatic heterocycles. The maximum absolute atomic E-state index is 5.47. The third-order valence-electron chi connectivity index (χ3n) is 3.73. The van der Waals surface area contributed by atoms with E-state index >= 15 is 0 Å². The number of nitrogens with one attached hydrogen (secondary N) is 1. The van der Waals surface area contributed by atoms with Crippen molar-refractivity contribution in [1.82, 2.24) is 25.5 Å². The van der Waals surface area contributed by atoms with Gasteiger partial charge in [-0.2, -0.15) is 4.80 Å². The smallest absolute Gasteiger partial charge is 0.231 e. The molecule has 0 radical (unpaired) electrons. The molecular formula is C13H15N5O2. The summed E-state index contributed by atoms with van der Waals surface area (Å²) in [7, 11) is 1.77. The maximum atomic E-state index is 5.47. The molecule has 0 fully saturated rings. The van der Waals surface area contributed by atoms with Gasteiger partial charge in [0, 0.05) is 12.5 Å². The zero-order chi connectivity index (χ0) is 13.5. The first-order valence-electron chi connectivity index (χ1n) is 6.68. The van der Waals surface area contributed by atoms with Crippen LogP contribution in [-0.4, -0.2) is 33.5 Å². The van der Waals surface area contributed by atoms with Gasteiger partial charge in [0.25, 0.3) is 0 Å². The molecule has 7 nitrogen and oxygen atoms in total. The fourth-order valence-electron chi connectivity index (χ4n) is 2.80. The summed E-state index contributed by atoms with van der Waals surface area (Å²) < 4.78 is 10.9. The number of fused-ring (bicyclic) bond motifs is 2. The topological polar surface area (TPSA) is 74.1 Å². The van der Waals surface area contributed by atoms with Gasteiger partial charge in [-0.05, 0) is 41.4 Å². The van der Waals surface area contributed by atoms with Crippen LogP contribution in [0.15, 0.2) is 12.1 Å². The summed E-state index contributed by atoms with van der Waals surface area (Å²) in [5.74, 6) is 2.42. The molecule has 3 heterocycles. The van der Waals surface area contributed by atoms with Crippen LogP contribution in [0.5, 0.6) is 11.5 Å². The van der Waals surface area contributed by atoms with E-state index in [-0.39, 0.29) is 6.04 Å². The molecule has 0 saturated carbocycles. The molecular weight excluding hydrogens is 258 g/mol. The molecule has 1 aromatic carbocycles. The number of hydrogen-bond acceptors (Lipinski definition) is 6. The van der Waals surface area contributed by atoms with E-state index in [0.717, 1.165) is 36.7 Å². The standard InChI is InChI=1S/C13H15N5O2/c1-18-16-13(15-17-18)6-10-9-5-12-11(19-7-20-12)4-8(9)2-3-14-10/h4-5,10,14H,2-3,6-7H2,1H3. The van der Waals surface area contributed by atoms with Gasteiger partial charge in [0.1, 0.15) is 0 Å². The van der Waals surface area contributed by atoms with Crippen molar-refractivity contribution >= 4 is 0 Å². The lowest BCUT2D eigenvalue weighted by Crippen LogP contribution is -2.31. The summed E-state index contributed by atoms with van der Waals surface area (Å²) >= 11 is 0. The number of rotatable bonds is 2. The summed E-state index contributed by atoms with van der Waals surface area (Å²) in [6.45, 7) is 1.25. The van der Waals surface area contributed by atoms with Gasteiger partial charge in [-0.3, -0.25) is 0 Å². The highest BCUT2D eigenvalue weighted by atomic mass is 16.7. The largest absolute Gasteiger partial charge is 0.454 e.